The summed E-state index contributed by atoms with van der Waals surface area (Å²) in [6.45, 7) is 9.51. The van der Waals surface area contributed by atoms with E-state index < -0.39 is 0 Å². The van der Waals surface area contributed by atoms with Crippen molar-refractivity contribution in [2.75, 3.05) is 14.2 Å². The summed E-state index contributed by atoms with van der Waals surface area (Å²) in [7, 11) is 3.48. The molecule has 46 heavy (non-hydrogen) atoms. The predicted molar refractivity (Wildman–Crippen MR) is 193 cm³/mol. The highest BCUT2D eigenvalue weighted by atomic mass is 16.5. The molecule has 1 fully saturated rings. The van der Waals surface area contributed by atoms with E-state index >= 15 is 0 Å². The molecule has 0 aromatic heterocycles. The SMILES string of the molecule is COc1ccc(-c2cccc3c2C(C2CCCCC2C2=C(C(C)C)[CH]c4cccc(-c5ccc(OC)cc5)c42)=C(C(C)C)[CH]3)cc1. The van der Waals surface area contributed by atoms with Crippen LogP contribution in [0.2, 0.25) is 0 Å². The van der Waals surface area contributed by atoms with Crippen molar-refractivity contribution < 1.29 is 9.47 Å². The standard InChI is InChI=1S/C44H46O2/c1-27(2)39-25-31-11-9-15-35(29-17-21-33(45-5)22-18-29)41(31)43(39)37-13-7-8-14-38(37)44-40(28(3)4)26-32-12-10-16-36(42(32)44)30-19-23-34(46-6)24-20-30/h9-12,15-28,37-38H,7-8,13-14H2,1-6H3. The maximum atomic E-state index is 5.51. The average Bonchev–Trinajstić information content (AvgIpc) is 3.68. The molecule has 3 aliphatic rings. The van der Waals surface area contributed by atoms with Crippen molar-refractivity contribution in [2.24, 2.45) is 23.7 Å². The first-order valence-corrected chi connectivity index (χ1v) is 17.1. The van der Waals surface area contributed by atoms with Gasteiger partial charge in [0, 0.05) is 12.8 Å². The van der Waals surface area contributed by atoms with E-state index in [0.717, 1.165) is 11.5 Å². The molecule has 0 aliphatic heterocycles. The third kappa shape index (κ3) is 5.30. The Morgan fingerprint density at radius 2 is 0.913 bits per heavy atom. The van der Waals surface area contributed by atoms with Crippen LogP contribution in [0.3, 0.4) is 0 Å². The lowest BCUT2D eigenvalue weighted by atomic mass is 9.66. The smallest absolute Gasteiger partial charge is 0.118 e. The van der Waals surface area contributed by atoms with Crippen LogP contribution >= 0.6 is 0 Å². The molecule has 0 amide bonds. The first-order chi connectivity index (χ1) is 22.4. The van der Waals surface area contributed by atoms with E-state index in [9.17, 15) is 0 Å². The van der Waals surface area contributed by atoms with Crippen LogP contribution in [0.4, 0.5) is 0 Å². The van der Waals surface area contributed by atoms with E-state index in [1.807, 2.05) is 0 Å². The largest absolute Gasteiger partial charge is 0.497 e. The molecular formula is C44H46O2. The van der Waals surface area contributed by atoms with Crippen molar-refractivity contribution in [2.45, 2.75) is 53.4 Å². The van der Waals surface area contributed by atoms with Crippen LogP contribution in [-0.2, 0) is 0 Å². The van der Waals surface area contributed by atoms with Gasteiger partial charge in [0.15, 0.2) is 0 Å². The summed E-state index contributed by atoms with van der Waals surface area (Å²) >= 11 is 0. The molecule has 4 aromatic rings. The molecule has 1 saturated carbocycles. The average molecular weight is 607 g/mol. The fourth-order valence-electron chi connectivity index (χ4n) is 8.36. The van der Waals surface area contributed by atoms with E-state index in [0.29, 0.717) is 23.7 Å². The predicted octanol–water partition coefficient (Wildman–Crippen LogP) is 11.5. The first kappa shape index (κ1) is 30.6. The third-order valence-corrected chi connectivity index (χ3v) is 10.5. The topological polar surface area (TPSA) is 18.5 Å². The van der Waals surface area contributed by atoms with Crippen molar-refractivity contribution in [1.82, 2.24) is 0 Å². The Morgan fingerprint density at radius 3 is 1.26 bits per heavy atom. The van der Waals surface area contributed by atoms with Gasteiger partial charge < -0.3 is 9.47 Å². The van der Waals surface area contributed by atoms with Crippen molar-refractivity contribution in [3.63, 3.8) is 0 Å². The summed E-state index contributed by atoms with van der Waals surface area (Å²) in [4.78, 5) is 0. The second kappa shape index (κ2) is 12.6. The van der Waals surface area contributed by atoms with E-state index in [-0.39, 0.29) is 0 Å². The molecule has 0 spiro atoms. The minimum atomic E-state index is 0.449. The minimum absolute atomic E-state index is 0.449. The van der Waals surface area contributed by atoms with Gasteiger partial charge in [-0.1, -0.05) is 112 Å². The van der Waals surface area contributed by atoms with Crippen molar-refractivity contribution in [1.29, 1.82) is 0 Å². The molecule has 7 rings (SSSR count). The van der Waals surface area contributed by atoms with Gasteiger partial charge in [0.05, 0.1) is 14.2 Å². The third-order valence-electron chi connectivity index (χ3n) is 10.5. The highest BCUT2D eigenvalue weighted by Gasteiger charge is 2.41. The van der Waals surface area contributed by atoms with Gasteiger partial charge in [-0.25, -0.2) is 0 Å². The summed E-state index contributed by atoms with van der Waals surface area (Å²) in [5.41, 5.74) is 17.0. The van der Waals surface area contributed by atoms with Crippen LogP contribution in [0.1, 0.15) is 75.6 Å². The molecule has 234 valence electrons. The molecular weight excluding hydrogens is 560 g/mol. The maximum Gasteiger partial charge on any atom is 0.118 e. The molecule has 0 saturated heterocycles. The second-order valence-corrected chi connectivity index (χ2v) is 13.8. The lowest BCUT2D eigenvalue weighted by Crippen LogP contribution is -2.24. The van der Waals surface area contributed by atoms with Gasteiger partial charge in [-0.15, -0.1) is 0 Å². The number of ether oxygens (including phenoxy) is 2. The van der Waals surface area contributed by atoms with Crippen molar-refractivity contribution >= 4 is 11.1 Å². The van der Waals surface area contributed by atoms with Crippen molar-refractivity contribution in [3.8, 4) is 33.8 Å². The number of allylic oxidation sites excluding steroid dienone is 4. The van der Waals surface area contributed by atoms with Crippen LogP contribution in [0.5, 0.6) is 11.5 Å². The lowest BCUT2D eigenvalue weighted by Gasteiger charge is -2.37. The molecule has 2 radical (unpaired) electrons. The van der Waals surface area contributed by atoms with Crippen LogP contribution in [-0.4, -0.2) is 14.2 Å². The summed E-state index contributed by atoms with van der Waals surface area (Å²) < 4.78 is 11.0. The van der Waals surface area contributed by atoms with Gasteiger partial charge in [0.25, 0.3) is 0 Å². The Morgan fingerprint density at radius 1 is 0.522 bits per heavy atom. The lowest BCUT2D eigenvalue weighted by molar-refractivity contribution is 0.354. The van der Waals surface area contributed by atoms with E-state index in [2.05, 4.69) is 125 Å². The Kier molecular flexibility index (Phi) is 8.40. The first-order valence-electron chi connectivity index (χ1n) is 17.1. The summed E-state index contributed by atoms with van der Waals surface area (Å²) in [5, 5.41) is 0. The molecule has 4 aromatic carbocycles. The van der Waals surface area contributed by atoms with Crippen LogP contribution in [0, 0.1) is 36.5 Å². The summed E-state index contributed by atoms with van der Waals surface area (Å²) in [6, 6.07) is 31.0. The molecule has 2 unspecified atom stereocenters. The number of methoxy groups -OCH3 is 2. The van der Waals surface area contributed by atoms with Gasteiger partial charge in [-0.3, -0.25) is 0 Å². The molecule has 2 nitrogen and oxygen atoms in total. The zero-order valence-electron chi connectivity index (χ0n) is 28.2. The minimum Gasteiger partial charge on any atom is -0.497 e. The zero-order chi connectivity index (χ0) is 31.9. The molecule has 0 heterocycles. The maximum absolute atomic E-state index is 5.51. The number of hydrogen-bond donors (Lipinski definition) is 0. The molecule has 3 aliphatic carbocycles. The van der Waals surface area contributed by atoms with E-state index in [4.69, 9.17) is 9.47 Å². The highest BCUT2D eigenvalue weighted by molar-refractivity contribution is 5.95. The van der Waals surface area contributed by atoms with Gasteiger partial charge in [0.1, 0.15) is 11.5 Å². The number of rotatable bonds is 8. The Hall–Kier alpha value is -4.04. The highest BCUT2D eigenvalue weighted by Crippen LogP contribution is 2.57. The quantitative estimate of drug-likeness (QED) is 0.199. The number of benzene rings is 4. The van der Waals surface area contributed by atoms with E-state index in [1.54, 1.807) is 25.4 Å². The van der Waals surface area contributed by atoms with Gasteiger partial charge in [-0.2, -0.15) is 0 Å². The Labute approximate surface area is 276 Å². The second-order valence-electron chi connectivity index (χ2n) is 13.8. The number of hydrogen-bond acceptors (Lipinski definition) is 2. The zero-order valence-corrected chi connectivity index (χ0v) is 28.2. The van der Waals surface area contributed by atoms with Gasteiger partial charge >= 0.3 is 0 Å². The molecule has 0 bridgehead atoms. The fourth-order valence-corrected chi connectivity index (χ4v) is 8.36. The van der Waals surface area contributed by atoms with E-state index in [1.165, 1.54) is 81.3 Å². The Bertz CT molecular complexity index is 1670. The van der Waals surface area contributed by atoms with Crippen LogP contribution in [0.15, 0.2) is 96.1 Å². The van der Waals surface area contributed by atoms with Gasteiger partial charge in [0.2, 0.25) is 0 Å². The van der Waals surface area contributed by atoms with Crippen molar-refractivity contribution in [3.05, 3.63) is 131 Å². The molecule has 2 heteroatoms. The molecule has 0 N–H and O–H groups in total. The normalized spacial score (nSPS) is 19.2. The molecule has 2 atom stereocenters. The van der Waals surface area contributed by atoms with Crippen LogP contribution < -0.4 is 9.47 Å². The van der Waals surface area contributed by atoms with Gasteiger partial charge in [-0.05, 0) is 116 Å². The van der Waals surface area contributed by atoms with Crippen LogP contribution in [0.25, 0.3) is 33.4 Å². The Balaban J connectivity index is 1.40. The summed E-state index contributed by atoms with van der Waals surface area (Å²) in [5.74, 6) is 3.59. The number of fused-ring (bicyclic) bond motifs is 2. The summed E-state index contributed by atoms with van der Waals surface area (Å²) in [6.07, 6.45) is 9.99. The fraction of sp³-hybridized carbons (Fsp3) is 0.318. The monoisotopic (exact) mass is 606 g/mol.